The van der Waals surface area contributed by atoms with E-state index >= 15 is 0 Å². The van der Waals surface area contributed by atoms with Crippen molar-refractivity contribution in [1.29, 1.82) is 0 Å². The van der Waals surface area contributed by atoms with Gasteiger partial charge in [-0.15, -0.1) is 11.8 Å². The Kier molecular flexibility index (Phi) is 4.93. The number of amides is 1. The van der Waals surface area contributed by atoms with Crippen LogP contribution < -0.4 is 0 Å². The van der Waals surface area contributed by atoms with E-state index in [-0.39, 0.29) is 16.7 Å². The Labute approximate surface area is 134 Å². The molecule has 1 amide bonds. The zero-order chi connectivity index (χ0) is 14.9. The fourth-order valence-electron chi connectivity index (χ4n) is 2.25. The lowest BCUT2D eigenvalue weighted by atomic mass is 9.91. The van der Waals surface area contributed by atoms with Crippen LogP contribution in [0.2, 0.25) is 10.0 Å². The molecule has 1 aliphatic heterocycles. The summed E-state index contributed by atoms with van der Waals surface area (Å²) in [5.74, 6) is 1.12. The summed E-state index contributed by atoms with van der Waals surface area (Å²) in [4.78, 5) is 14.4. The lowest BCUT2D eigenvalue weighted by molar-refractivity contribution is -0.133. The van der Waals surface area contributed by atoms with Gasteiger partial charge in [0.15, 0.2) is 0 Å². The van der Waals surface area contributed by atoms with Crippen molar-refractivity contribution >= 4 is 40.9 Å². The topological polar surface area (TPSA) is 20.3 Å². The molecule has 2 nitrogen and oxygen atoms in total. The molecule has 0 saturated carbocycles. The van der Waals surface area contributed by atoms with Crippen LogP contribution in [0, 0.1) is 5.41 Å². The predicted octanol–water partition coefficient (Wildman–Crippen LogP) is 5.00. The quantitative estimate of drug-likeness (QED) is 0.759. The molecule has 1 aliphatic rings. The molecule has 0 aromatic heterocycles. The molecule has 0 unspecified atom stereocenters. The molecule has 1 atom stereocenters. The summed E-state index contributed by atoms with van der Waals surface area (Å²) in [7, 11) is 0. The van der Waals surface area contributed by atoms with Crippen LogP contribution in [0.3, 0.4) is 0 Å². The van der Waals surface area contributed by atoms with E-state index in [4.69, 9.17) is 23.2 Å². The fourth-order valence-corrected chi connectivity index (χ4v) is 4.03. The molecule has 1 aromatic rings. The minimum Gasteiger partial charge on any atom is -0.326 e. The summed E-state index contributed by atoms with van der Waals surface area (Å²) in [6, 6.07) is 5.61. The maximum atomic E-state index is 12.5. The highest BCUT2D eigenvalue weighted by Crippen LogP contribution is 2.43. The third-order valence-electron chi connectivity index (χ3n) is 3.14. The predicted molar refractivity (Wildman–Crippen MR) is 87.4 cm³/mol. The van der Waals surface area contributed by atoms with Gasteiger partial charge in [0.05, 0.1) is 10.0 Å². The number of nitrogens with zero attached hydrogens (tertiary/aromatic N) is 1. The van der Waals surface area contributed by atoms with Crippen LogP contribution in [-0.4, -0.2) is 23.1 Å². The van der Waals surface area contributed by atoms with Crippen LogP contribution in [0.15, 0.2) is 18.2 Å². The number of halogens is 2. The van der Waals surface area contributed by atoms with E-state index in [1.165, 1.54) is 0 Å². The monoisotopic (exact) mass is 331 g/mol. The smallest absolute Gasteiger partial charge is 0.224 e. The second-order valence-electron chi connectivity index (χ2n) is 6.19. The molecule has 2 rings (SSSR count). The van der Waals surface area contributed by atoms with Gasteiger partial charge < -0.3 is 4.90 Å². The maximum absolute atomic E-state index is 12.5. The van der Waals surface area contributed by atoms with Crippen LogP contribution in [0.5, 0.6) is 0 Å². The minimum absolute atomic E-state index is 0.00693. The molecule has 1 fully saturated rings. The SMILES string of the molecule is CC(C)(C)CC(=O)N1CCS[C@@H]1c1cccc(Cl)c1Cl. The van der Waals surface area contributed by atoms with Crippen LogP contribution >= 0.6 is 35.0 Å². The first kappa shape index (κ1) is 16.0. The lowest BCUT2D eigenvalue weighted by Gasteiger charge is -2.28. The molecule has 0 N–H and O–H groups in total. The van der Waals surface area contributed by atoms with Crippen molar-refractivity contribution < 1.29 is 4.79 Å². The van der Waals surface area contributed by atoms with Gasteiger partial charge in [-0.3, -0.25) is 4.79 Å². The lowest BCUT2D eigenvalue weighted by Crippen LogP contribution is -2.33. The van der Waals surface area contributed by atoms with Crippen LogP contribution in [0.1, 0.15) is 38.1 Å². The van der Waals surface area contributed by atoms with Gasteiger partial charge in [-0.25, -0.2) is 0 Å². The Morgan fingerprint density at radius 1 is 1.40 bits per heavy atom. The Morgan fingerprint density at radius 3 is 2.75 bits per heavy atom. The molecular formula is C15H19Cl2NOS. The molecule has 0 aliphatic carbocycles. The number of hydrogen-bond acceptors (Lipinski definition) is 2. The van der Waals surface area contributed by atoms with Gasteiger partial charge in [-0.05, 0) is 11.5 Å². The molecule has 5 heteroatoms. The zero-order valence-electron chi connectivity index (χ0n) is 12.0. The van der Waals surface area contributed by atoms with E-state index in [2.05, 4.69) is 20.8 Å². The van der Waals surface area contributed by atoms with E-state index < -0.39 is 0 Å². The first-order valence-electron chi connectivity index (χ1n) is 6.64. The molecule has 1 saturated heterocycles. The van der Waals surface area contributed by atoms with Gasteiger partial charge in [0.1, 0.15) is 5.37 Å². The standard InChI is InChI=1S/C15H19Cl2NOS/c1-15(2,3)9-12(19)18-7-8-20-14(18)10-5-4-6-11(16)13(10)17/h4-6,14H,7-9H2,1-3H3/t14-/m1/s1. The van der Waals surface area contributed by atoms with Gasteiger partial charge in [-0.1, -0.05) is 56.1 Å². The molecule has 110 valence electrons. The third-order valence-corrected chi connectivity index (χ3v) is 5.22. The van der Waals surface area contributed by atoms with Gasteiger partial charge in [-0.2, -0.15) is 0 Å². The molecule has 0 radical (unpaired) electrons. The number of carbonyl (C=O) groups excluding carboxylic acids is 1. The molecule has 1 heterocycles. The van der Waals surface area contributed by atoms with Crippen LogP contribution in [0.4, 0.5) is 0 Å². The maximum Gasteiger partial charge on any atom is 0.224 e. The second-order valence-corrected chi connectivity index (χ2v) is 8.16. The van der Waals surface area contributed by atoms with E-state index in [0.717, 1.165) is 17.9 Å². The Morgan fingerprint density at radius 2 is 2.10 bits per heavy atom. The number of benzene rings is 1. The number of hydrogen-bond donors (Lipinski definition) is 0. The summed E-state index contributed by atoms with van der Waals surface area (Å²) in [6.07, 6.45) is 0.544. The van der Waals surface area contributed by atoms with Crippen molar-refractivity contribution in [2.75, 3.05) is 12.3 Å². The van der Waals surface area contributed by atoms with Crippen LogP contribution in [0.25, 0.3) is 0 Å². The Hall–Kier alpha value is -0.380. The first-order valence-corrected chi connectivity index (χ1v) is 8.45. The Bertz CT molecular complexity index is 513. The normalized spacial score (nSPS) is 19.4. The van der Waals surface area contributed by atoms with Crippen molar-refractivity contribution in [3.05, 3.63) is 33.8 Å². The van der Waals surface area contributed by atoms with Gasteiger partial charge in [0, 0.05) is 24.3 Å². The number of thioether (sulfide) groups is 1. The summed E-state index contributed by atoms with van der Waals surface area (Å²) in [6.45, 7) is 7.01. The summed E-state index contributed by atoms with van der Waals surface area (Å²) >= 11 is 14.1. The van der Waals surface area contributed by atoms with Crippen molar-refractivity contribution in [3.63, 3.8) is 0 Å². The highest BCUT2D eigenvalue weighted by molar-refractivity contribution is 7.99. The molecule has 0 bridgehead atoms. The third kappa shape index (κ3) is 3.63. The Balaban J connectivity index is 2.23. The average molecular weight is 332 g/mol. The molecular weight excluding hydrogens is 313 g/mol. The van der Waals surface area contributed by atoms with E-state index in [1.54, 1.807) is 17.8 Å². The number of carbonyl (C=O) groups is 1. The summed E-state index contributed by atoms with van der Waals surface area (Å²) in [5, 5.41) is 1.08. The second kappa shape index (κ2) is 6.17. The molecule has 1 aromatic carbocycles. The van der Waals surface area contributed by atoms with Crippen LogP contribution in [-0.2, 0) is 4.79 Å². The van der Waals surface area contributed by atoms with Gasteiger partial charge in [0.2, 0.25) is 5.91 Å². The zero-order valence-corrected chi connectivity index (χ0v) is 14.3. The van der Waals surface area contributed by atoms with E-state index in [0.29, 0.717) is 16.5 Å². The molecule has 20 heavy (non-hydrogen) atoms. The van der Waals surface area contributed by atoms with E-state index in [1.807, 2.05) is 17.0 Å². The van der Waals surface area contributed by atoms with Crippen molar-refractivity contribution in [2.45, 2.75) is 32.6 Å². The summed E-state index contributed by atoms with van der Waals surface area (Å²) in [5.41, 5.74) is 0.927. The number of rotatable bonds is 2. The molecule has 0 spiro atoms. The fraction of sp³-hybridized carbons (Fsp3) is 0.533. The van der Waals surface area contributed by atoms with E-state index in [9.17, 15) is 4.79 Å². The highest BCUT2D eigenvalue weighted by Gasteiger charge is 2.33. The first-order chi connectivity index (χ1) is 9.29. The average Bonchev–Trinajstić information content (AvgIpc) is 2.79. The van der Waals surface area contributed by atoms with Crippen molar-refractivity contribution in [2.24, 2.45) is 5.41 Å². The largest absolute Gasteiger partial charge is 0.326 e. The van der Waals surface area contributed by atoms with Crippen molar-refractivity contribution in [1.82, 2.24) is 4.90 Å². The van der Waals surface area contributed by atoms with Crippen molar-refractivity contribution in [3.8, 4) is 0 Å². The minimum atomic E-state index is -0.0175. The van der Waals surface area contributed by atoms with Gasteiger partial charge >= 0.3 is 0 Å². The van der Waals surface area contributed by atoms with Gasteiger partial charge in [0.25, 0.3) is 0 Å². The highest BCUT2D eigenvalue weighted by atomic mass is 35.5. The summed E-state index contributed by atoms with van der Waals surface area (Å²) < 4.78 is 0.